The minimum Gasteiger partial charge on any atom is -0.326 e. The zero-order chi connectivity index (χ0) is 25.0. The number of anilines is 2. The van der Waals surface area contributed by atoms with E-state index >= 15 is 0 Å². The second-order valence-electron chi connectivity index (χ2n) is 9.42. The third-order valence-electron chi connectivity index (χ3n) is 6.99. The molecule has 0 saturated heterocycles. The van der Waals surface area contributed by atoms with Crippen molar-refractivity contribution in [2.75, 3.05) is 16.8 Å². The number of aromatic nitrogens is 1. The van der Waals surface area contributed by atoms with E-state index < -0.39 is 0 Å². The molecule has 1 unspecified atom stereocenters. The lowest BCUT2D eigenvalue weighted by Gasteiger charge is -2.41. The largest absolute Gasteiger partial charge is 0.326 e. The van der Waals surface area contributed by atoms with E-state index in [9.17, 15) is 14.0 Å². The highest BCUT2D eigenvalue weighted by atomic mass is 19.1. The Morgan fingerprint density at radius 1 is 1.11 bits per heavy atom. The highest BCUT2D eigenvalue weighted by molar-refractivity contribution is 5.95. The lowest BCUT2D eigenvalue weighted by molar-refractivity contribution is -0.117. The summed E-state index contributed by atoms with van der Waals surface area (Å²) >= 11 is 0. The number of unbranched alkanes of at least 4 members (excludes halogenated alkanes) is 2. The van der Waals surface area contributed by atoms with Crippen LogP contribution in [0.15, 0.2) is 60.9 Å². The summed E-state index contributed by atoms with van der Waals surface area (Å²) in [4.78, 5) is 30.4. The summed E-state index contributed by atoms with van der Waals surface area (Å²) in [6.45, 7) is 6.46. The zero-order valence-electron chi connectivity index (χ0n) is 20.6. The fourth-order valence-corrected chi connectivity index (χ4v) is 4.89. The quantitative estimate of drug-likeness (QED) is 0.400. The minimum atomic E-state index is -0.375. The average Bonchev–Trinajstić information content (AvgIpc) is 2.85. The molecule has 3 aromatic rings. The maximum atomic E-state index is 14.2. The summed E-state index contributed by atoms with van der Waals surface area (Å²) in [6, 6.07) is 15.4. The first kappa shape index (κ1) is 24.6. The van der Waals surface area contributed by atoms with E-state index in [1.807, 2.05) is 42.5 Å². The Hall–Kier alpha value is -3.54. The van der Waals surface area contributed by atoms with Gasteiger partial charge in [-0.2, -0.15) is 0 Å². The maximum absolute atomic E-state index is 14.2. The van der Waals surface area contributed by atoms with Crippen LogP contribution >= 0.6 is 0 Å². The number of nitrogens with zero attached hydrogens (tertiary/aromatic N) is 2. The zero-order valence-corrected chi connectivity index (χ0v) is 20.6. The molecule has 1 aliphatic heterocycles. The molecule has 1 aromatic heterocycles. The first-order chi connectivity index (χ1) is 16.8. The summed E-state index contributed by atoms with van der Waals surface area (Å²) in [5, 5.41) is 3.03. The molecule has 6 heteroatoms. The van der Waals surface area contributed by atoms with E-state index in [-0.39, 0.29) is 23.0 Å². The lowest BCUT2D eigenvalue weighted by atomic mass is 9.70. The Labute approximate surface area is 206 Å². The van der Waals surface area contributed by atoms with Crippen LogP contribution in [0.4, 0.5) is 15.8 Å². The molecule has 0 bridgehead atoms. The summed E-state index contributed by atoms with van der Waals surface area (Å²) in [5.41, 5.74) is 4.58. The molecule has 182 valence electrons. The number of hydrogen-bond donors (Lipinski definition) is 1. The maximum Gasteiger partial charge on any atom is 0.224 e. The summed E-state index contributed by atoms with van der Waals surface area (Å²) in [7, 11) is 0. The van der Waals surface area contributed by atoms with Crippen molar-refractivity contribution in [2.45, 2.75) is 58.3 Å². The molecule has 0 fully saturated rings. The van der Waals surface area contributed by atoms with Crippen molar-refractivity contribution in [3.05, 3.63) is 77.9 Å². The molecule has 1 aliphatic rings. The predicted octanol–water partition coefficient (Wildman–Crippen LogP) is 6.47. The van der Waals surface area contributed by atoms with Gasteiger partial charge in [0.15, 0.2) is 0 Å². The van der Waals surface area contributed by atoms with Crippen molar-refractivity contribution >= 4 is 23.2 Å². The molecule has 4 rings (SSSR count). The van der Waals surface area contributed by atoms with E-state index in [0.29, 0.717) is 18.5 Å². The number of fused-ring (bicyclic) bond motifs is 1. The third kappa shape index (κ3) is 5.11. The van der Waals surface area contributed by atoms with Crippen LogP contribution in [0.3, 0.4) is 0 Å². The van der Waals surface area contributed by atoms with Gasteiger partial charge in [0.2, 0.25) is 11.8 Å². The van der Waals surface area contributed by atoms with Gasteiger partial charge >= 0.3 is 0 Å². The molecule has 0 radical (unpaired) electrons. The molecule has 1 atom stereocenters. The van der Waals surface area contributed by atoms with Gasteiger partial charge in [-0.3, -0.25) is 14.6 Å². The van der Waals surface area contributed by atoms with Gasteiger partial charge in [-0.1, -0.05) is 51.0 Å². The van der Waals surface area contributed by atoms with E-state index in [1.54, 1.807) is 24.1 Å². The topological polar surface area (TPSA) is 62.3 Å². The van der Waals surface area contributed by atoms with Gasteiger partial charge in [-0.05, 0) is 53.8 Å². The van der Waals surface area contributed by atoms with E-state index in [0.717, 1.165) is 53.7 Å². The van der Waals surface area contributed by atoms with Crippen molar-refractivity contribution in [1.82, 2.24) is 4.98 Å². The lowest BCUT2D eigenvalue weighted by Crippen LogP contribution is -2.41. The van der Waals surface area contributed by atoms with Gasteiger partial charge in [0, 0.05) is 48.4 Å². The number of carbonyl (C=O) groups is 2. The number of nitrogens with one attached hydrogen (secondary N) is 1. The predicted molar refractivity (Wildman–Crippen MR) is 138 cm³/mol. The van der Waals surface area contributed by atoms with Crippen LogP contribution in [0.2, 0.25) is 0 Å². The molecule has 0 spiro atoms. The van der Waals surface area contributed by atoms with Crippen LogP contribution in [0.5, 0.6) is 0 Å². The van der Waals surface area contributed by atoms with E-state index in [1.165, 1.54) is 6.20 Å². The fraction of sp³-hybridized carbons (Fsp3) is 0.345. The minimum absolute atomic E-state index is 0.00284. The molecule has 2 heterocycles. The number of halogens is 1. The number of carbonyl (C=O) groups excluding carboxylic acids is 2. The van der Waals surface area contributed by atoms with Crippen LogP contribution in [0.1, 0.15) is 64.0 Å². The van der Waals surface area contributed by atoms with Crippen LogP contribution in [0.25, 0.3) is 11.1 Å². The Bertz CT molecular complexity index is 1220. The average molecular weight is 474 g/mol. The summed E-state index contributed by atoms with van der Waals surface area (Å²) < 4.78 is 14.2. The third-order valence-corrected chi connectivity index (χ3v) is 6.99. The Morgan fingerprint density at radius 2 is 1.89 bits per heavy atom. The second-order valence-corrected chi connectivity index (χ2v) is 9.42. The monoisotopic (exact) mass is 473 g/mol. The number of rotatable bonds is 7. The smallest absolute Gasteiger partial charge is 0.224 e. The molecular formula is C29H32FN3O2. The van der Waals surface area contributed by atoms with Crippen LogP contribution in [-0.4, -0.2) is 23.3 Å². The molecular weight excluding hydrogens is 441 g/mol. The van der Waals surface area contributed by atoms with Crippen molar-refractivity contribution < 1.29 is 14.0 Å². The summed E-state index contributed by atoms with van der Waals surface area (Å²) in [6.07, 6.45) is 7.00. The normalized spacial score (nSPS) is 17.1. The van der Waals surface area contributed by atoms with Gasteiger partial charge in [0.05, 0.1) is 6.20 Å². The molecule has 5 nitrogen and oxygen atoms in total. The number of pyridine rings is 1. The highest BCUT2D eigenvalue weighted by Gasteiger charge is 2.38. The Kier molecular flexibility index (Phi) is 7.29. The molecule has 35 heavy (non-hydrogen) atoms. The first-order valence-electron chi connectivity index (χ1n) is 12.3. The van der Waals surface area contributed by atoms with Gasteiger partial charge in [-0.15, -0.1) is 0 Å². The van der Waals surface area contributed by atoms with Gasteiger partial charge < -0.3 is 10.2 Å². The standard InChI is InChI=1S/C29H32FN3O2/c1-4-5-6-7-28(35)32-23-12-13-27-25(18-23)29(3,15-17-33(27)20(2)34)22-10-8-21(9-11-22)24-14-16-31-19-26(24)30/h8-14,16,18-19H,4-7,15,17H2,1-3H3,(H,32,35). The molecule has 1 N–H and O–H groups in total. The summed E-state index contributed by atoms with van der Waals surface area (Å²) in [5.74, 6) is -0.359. The first-order valence-corrected chi connectivity index (χ1v) is 12.3. The SMILES string of the molecule is CCCCCC(=O)Nc1ccc2c(c1)C(C)(c1ccc(-c3ccncc3F)cc1)CCN2C(C)=O. The van der Waals surface area contributed by atoms with Crippen LogP contribution in [0, 0.1) is 5.82 Å². The fourth-order valence-electron chi connectivity index (χ4n) is 4.89. The number of hydrogen-bond acceptors (Lipinski definition) is 3. The van der Waals surface area contributed by atoms with Gasteiger partial charge in [0.25, 0.3) is 0 Å². The number of amides is 2. The van der Waals surface area contributed by atoms with Gasteiger partial charge in [-0.25, -0.2) is 4.39 Å². The van der Waals surface area contributed by atoms with Crippen molar-refractivity contribution in [3.63, 3.8) is 0 Å². The van der Waals surface area contributed by atoms with Crippen LogP contribution in [-0.2, 0) is 15.0 Å². The van der Waals surface area contributed by atoms with Crippen molar-refractivity contribution in [3.8, 4) is 11.1 Å². The van der Waals surface area contributed by atoms with Crippen LogP contribution < -0.4 is 10.2 Å². The molecule has 2 amide bonds. The van der Waals surface area contributed by atoms with E-state index in [2.05, 4.69) is 24.1 Å². The van der Waals surface area contributed by atoms with Crippen molar-refractivity contribution in [2.24, 2.45) is 0 Å². The Balaban J connectivity index is 1.69. The molecule has 0 aliphatic carbocycles. The van der Waals surface area contributed by atoms with E-state index in [4.69, 9.17) is 0 Å². The Morgan fingerprint density at radius 3 is 2.57 bits per heavy atom. The van der Waals surface area contributed by atoms with Gasteiger partial charge in [0.1, 0.15) is 5.82 Å². The molecule has 0 saturated carbocycles. The highest BCUT2D eigenvalue weighted by Crippen LogP contribution is 2.46. The number of benzene rings is 2. The second kappa shape index (κ2) is 10.4. The van der Waals surface area contributed by atoms with Crippen molar-refractivity contribution in [1.29, 1.82) is 0 Å². The molecule has 2 aromatic carbocycles.